The maximum Gasteiger partial charge on any atom is 0.0449 e. The molecule has 0 saturated heterocycles. The van der Waals surface area contributed by atoms with E-state index in [9.17, 15) is 0 Å². The lowest BCUT2D eigenvalue weighted by Crippen LogP contribution is -2.11. The number of aliphatic hydroxyl groups excluding tert-OH is 1. The predicted octanol–water partition coefficient (Wildman–Crippen LogP) is 1.63. The molecule has 0 aliphatic rings. The molecule has 1 atom stereocenters. The van der Waals surface area contributed by atoms with Crippen molar-refractivity contribution in [1.82, 2.24) is 0 Å². The second kappa shape index (κ2) is 5.00. The molecule has 0 bridgehead atoms. The minimum absolute atomic E-state index is 0.0310. The van der Waals surface area contributed by atoms with Gasteiger partial charge in [-0.25, -0.2) is 0 Å². The Morgan fingerprint density at radius 2 is 2.23 bits per heavy atom. The third-order valence-electron chi connectivity index (χ3n) is 2.23. The van der Waals surface area contributed by atoms with E-state index in [-0.39, 0.29) is 12.6 Å². The highest BCUT2D eigenvalue weighted by molar-refractivity contribution is 5.25. The quantitative estimate of drug-likeness (QED) is 0.738. The summed E-state index contributed by atoms with van der Waals surface area (Å²) in [6.07, 6.45) is 1.66. The van der Waals surface area contributed by atoms with Crippen LogP contribution in [-0.4, -0.2) is 11.7 Å². The first-order chi connectivity index (χ1) is 6.27. The van der Waals surface area contributed by atoms with Crippen LogP contribution >= 0.6 is 0 Å². The number of hydrogen-bond donors (Lipinski definition) is 2. The highest BCUT2D eigenvalue weighted by atomic mass is 16.3. The van der Waals surface area contributed by atoms with Gasteiger partial charge in [-0.2, -0.15) is 0 Å². The first kappa shape index (κ1) is 10.2. The van der Waals surface area contributed by atoms with Crippen molar-refractivity contribution in [3.05, 3.63) is 35.4 Å². The van der Waals surface area contributed by atoms with Gasteiger partial charge in [-0.05, 0) is 24.0 Å². The summed E-state index contributed by atoms with van der Waals surface area (Å²) in [4.78, 5) is 0. The summed E-state index contributed by atoms with van der Waals surface area (Å²) in [6.45, 7) is 2.27. The molecule has 3 N–H and O–H groups in total. The Bertz CT molecular complexity index is 260. The molecular weight excluding hydrogens is 162 g/mol. The van der Waals surface area contributed by atoms with E-state index in [4.69, 9.17) is 10.8 Å². The average molecular weight is 179 g/mol. The number of nitrogens with two attached hydrogens (primary N) is 1. The Labute approximate surface area is 79.4 Å². The maximum absolute atomic E-state index is 8.74. The average Bonchev–Trinajstić information content (AvgIpc) is 2.18. The van der Waals surface area contributed by atoms with Gasteiger partial charge in [-0.15, -0.1) is 0 Å². The van der Waals surface area contributed by atoms with Crippen LogP contribution in [0, 0.1) is 0 Å². The van der Waals surface area contributed by atoms with Crippen molar-refractivity contribution in [2.45, 2.75) is 25.8 Å². The largest absolute Gasteiger partial charge is 0.396 e. The van der Waals surface area contributed by atoms with Gasteiger partial charge in [0.1, 0.15) is 0 Å². The maximum atomic E-state index is 8.74. The fourth-order valence-electron chi connectivity index (χ4n) is 1.35. The van der Waals surface area contributed by atoms with E-state index >= 15 is 0 Å². The highest BCUT2D eigenvalue weighted by Gasteiger charge is 2.04. The molecule has 2 nitrogen and oxygen atoms in total. The molecule has 0 amide bonds. The van der Waals surface area contributed by atoms with Gasteiger partial charge in [-0.1, -0.05) is 31.2 Å². The first-order valence-corrected chi connectivity index (χ1v) is 4.73. The van der Waals surface area contributed by atoms with Gasteiger partial charge in [0.15, 0.2) is 0 Å². The summed E-state index contributed by atoms with van der Waals surface area (Å²) < 4.78 is 0. The summed E-state index contributed by atoms with van der Waals surface area (Å²) in [5, 5.41) is 8.74. The molecule has 0 aromatic heterocycles. The lowest BCUT2D eigenvalue weighted by Gasteiger charge is -2.11. The summed E-state index contributed by atoms with van der Waals surface area (Å²) in [6, 6.07) is 8.21. The molecule has 13 heavy (non-hydrogen) atoms. The van der Waals surface area contributed by atoms with E-state index in [1.165, 1.54) is 5.56 Å². The number of benzene rings is 1. The van der Waals surface area contributed by atoms with Crippen LogP contribution in [0.15, 0.2) is 24.3 Å². The van der Waals surface area contributed by atoms with E-state index < -0.39 is 0 Å². The minimum Gasteiger partial charge on any atom is -0.396 e. The van der Waals surface area contributed by atoms with Gasteiger partial charge in [-0.3, -0.25) is 0 Å². The Balaban J connectivity index is 2.75. The van der Waals surface area contributed by atoms with E-state index in [1.54, 1.807) is 0 Å². The molecule has 1 aromatic rings. The SMILES string of the molecule is CCc1cccc([C@@H](N)CCO)c1. The Hall–Kier alpha value is -0.860. The van der Waals surface area contributed by atoms with E-state index in [1.807, 2.05) is 12.1 Å². The molecule has 0 aliphatic heterocycles. The zero-order chi connectivity index (χ0) is 9.68. The van der Waals surface area contributed by atoms with E-state index in [2.05, 4.69) is 19.1 Å². The molecule has 2 heteroatoms. The van der Waals surface area contributed by atoms with Gasteiger partial charge >= 0.3 is 0 Å². The molecule has 1 aromatic carbocycles. The fourth-order valence-corrected chi connectivity index (χ4v) is 1.35. The number of aryl methyl sites for hydroxylation is 1. The van der Waals surface area contributed by atoms with Crippen molar-refractivity contribution < 1.29 is 5.11 Å². The van der Waals surface area contributed by atoms with Crippen LogP contribution in [0.3, 0.4) is 0 Å². The zero-order valence-electron chi connectivity index (χ0n) is 8.03. The normalized spacial score (nSPS) is 12.8. The third-order valence-corrected chi connectivity index (χ3v) is 2.23. The van der Waals surface area contributed by atoms with Crippen molar-refractivity contribution in [2.24, 2.45) is 5.73 Å². The van der Waals surface area contributed by atoms with Crippen molar-refractivity contribution in [3.8, 4) is 0 Å². The van der Waals surface area contributed by atoms with E-state index in [0.29, 0.717) is 6.42 Å². The molecule has 0 unspecified atom stereocenters. The molecule has 72 valence electrons. The molecule has 0 spiro atoms. The molecule has 0 saturated carbocycles. The standard InChI is InChI=1S/C11H17NO/c1-2-9-4-3-5-10(8-9)11(12)6-7-13/h3-5,8,11,13H,2,6-7,12H2,1H3/t11-/m0/s1. The first-order valence-electron chi connectivity index (χ1n) is 4.73. The molecule has 0 heterocycles. The third kappa shape index (κ3) is 2.83. The second-order valence-corrected chi connectivity index (χ2v) is 3.22. The van der Waals surface area contributed by atoms with Crippen molar-refractivity contribution in [2.75, 3.05) is 6.61 Å². The van der Waals surface area contributed by atoms with Gasteiger partial charge in [0.05, 0.1) is 0 Å². The van der Waals surface area contributed by atoms with Crippen LogP contribution in [0.4, 0.5) is 0 Å². The van der Waals surface area contributed by atoms with Crippen LogP contribution < -0.4 is 5.73 Å². The summed E-state index contributed by atoms with van der Waals surface area (Å²) in [5.74, 6) is 0. The van der Waals surface area contributed by atoms with E-state index in [0.717, 1.165) is 12.0 Å². The summed E-state index contributed by atoms with van der Waals surface area (Å²) >= 11 is 0. The summed E-state index contributed by atoms with van der Waals surface area (Å²) in [7, 11) is 0. The van der Waals surface area contributed by atoms with Crippen LogP contribution in [0.1, 0.15) is 30.5 Å². The second-order valence-electron chi connectivity index (χ2n) is 3.22. The molecule has 0 fully saturated rings. The fraction of sp³-hybridized carbons (Fsp3) is 0.455. The topological polar surface area (TPSA) is 46.2 Å². The lowest BCUT2D eigenvalue weighted by molar-refractivity contribution is 0.276. The summed E-state index contributed by atoms with van der Waals surface area (Å²) in [5.41, 5.74) is 8.29. The Morgan fingerprint density at radius 1 is 1.46 bits per heavy atom. The number of hydrogen-bond acceptors (Lipinski definition) is 2. The van der Waals surface area contributed by atoms with Gasteiger partial charge in [0, 0.05) is 12.6 Å². The van der Waals surface area contributed by atoms with Gasteiger partial charge < -0.3 is 10.8 Å². The van der Waals surface area contributed by atoms with Crippen LogP contribution in [0.5, 0.6) is 0 Å². The smallest absolute Gasteiger partial charge is 0.0449 e. The van der Waals surface area contributed by atoms with Crippen LogP contribution in [0.2, 0.25) is 0 Å². The number of rotatable bonds is 4. The number of aliphatic hydroxyl groups is 1. The Kier molecular flexibility index (Phi) is 3.93. The predicted molar refractivity (Wildman–Crippen MR) is 54.5 cm³/mol. The van der Waals surface area contributed by atoms with Crippen molar-refractivity contribution in [1.29, 1.82) is 0 Å². The lowest BCUT2D eigenvalue weighted by atomic mass is 10.0. The van der Waals surface area contributed by atoms with Gasteiger partial charge in [0.25, 0.3) is 0 Å². The van der Waals surface area contributed by atoms with Crippen LogP contribution in [0.25, 0.3) is 0 Å². The Morgan fingerprint density at radius 3 is 2.85 bits per heavy atom. The molecular formula is C11H17NO. The molecule has 0 aliphatic carbocycles. The highest BCUT2D eigenvalue weighted by Crippen LogP contribution is 2.15. The zero-order valence-corrected chi connectivity index (χ0v) is 8.03. The molecule has 0 radical (unpaired) electrons. The van der Waals surface area contributed by atoms with Gasteiger partial charge in [0.2, 0.25) is 0 Å². The van der Waals surface area contributed by atoms with Crippen molar-refractivity contribution in [3.63, 3.8) is 0 Å². The molecule has 1 rings (SSSR count). The van der Waals surface area contributed by atoms with Crippen LogP contribution in [-0.2, 0) is 6.42 Å². The monoisotopic (exact) mass is 179 g/mol. The van der Waals surface area contributed by atoms with Crippen molar-refractivity contribution >= 4 is 0 Å². The minimum atomic E-state index is -0.0310.